The standard InChI is InChI=1S/C26H22N2O6/c1-3-12-32-18-10-8-16(9-11-18)23-22(24(29)20-14-17-6-4-5-7-19(17)33-20)25(30)26(31)28(23)21-13-15(2)34-27-21/h4-11,13-14,23,30H,3,12H2,1-2H3/t23-/m0/s1. The van der Waals surface area contributed by atoms with Crippen LogP contribution in [0.2, 0.25) is 0 Å². The van der Waals surface area contributed by atoms with Crippen LogP contribution < -0.4 is 9.64 Å². The number of fused-ring (bicyclic) bond motifs is 1. The third-order valence-corrected chi connectivity index (χ3v) is 5.63. The maximum atomic E-state index is 13.6. The van der Waals surface area contributed by atoms with Crippen molar-refractivity contribution >= 4 is 28.5 Å². The van der Waals surface area contributed by atoms with Crippen LogP contribution in [0.4, 0.5) is 5.82 Å². The molecule has 0 saturated heterocycles. The van der Waals surface area contributed by atoms with Crippen molar-refractivity contribution in [2.45, 2.75) is 26.3 Å². The Balaban J connectivity index is 1.60. The number of Topliss-reactive ketones (excluding diaryl/α,β-unsaturated/α-hetero) is 1. The molecule has 3 heterocycles. The van der Waals surface area contributed by atoms with Crippen molar-refractivity contribution in [2.75, 3.05) is 11.5 Å². The summed E-state index contributed by atoms with van der Waals surface area (Å²) in [4.78, 5) is 28.0. The molecule has 34 heavy (non-hydrogen) atoms. The molecule has 0 aliphatic carbocycles. The highest BCUT2D eigenvalue weighted by atomic mass is 16.5. The first kappa shape index (κ1) is 21.5. The maximum Gasteiger partial charge on any atom is 0.295 e. The maximum absolute atomic E-state index is 13.6. The number of furan rings is 1. The molecule has 1 amide bonds. The normalized spacial score (nSPS) is 16.0. The van der Waals surface area contributed by atoms with Crippen LogP contribution in [0.15, 0.2) is 80.9 Å². The first-order valence-corrected chi connectivity index (χ1v) is 10.9. The van der Waals surface area contributed by atoms with Crippen LogP contribution in [0.1, 0.15) is 41.3 Å². The predicted octanol–water partition coefficient (Wildman–Crippen LogP) is 5.30. The van der Waals surface area contributed by atoms with Gasteiger partial charge >= 0.3 is 0 Å². The van der Waals surface area contributed by atoms with Gasteiger partial charge < -0.3 is 18.8 Å². The zero-order valence-corrected chi connectivity index (χ0v) is 18.6. The Hall–Kier alpha value is -4.33. The topological polar surface area (TPSA) is 106 Å². The van der Waals surface area contributed by atoms with Crippen molar-refractivity contribution in [1.82, 2.24) is 5.16 Å². The molecule has 0 radical (unpaired) electrons. The average molecular weight is 458 g/mol. The van der Waals surface area contributed by atoms with E-state index in [-0.39, 0.29) is 17.2 Å². The van der Waals surface area contributed by atoms with E-state index in [1.54, 1.807) is 55.5 Å². The molecule has 0 spiro atoms. The third kappa shape index (κ3) is 3.63. The van der Waals surface area contributed by atoms with Gasteiger partial charge in [0.2, 0.25) is 5.78 Å². The lowest BCUT2D eigenvalue weighted by molar-refractivity contribution is -0.117. The van der Waals surface area contributed by atoms with Gasteiger partial charge in [-0.05, 0) is 43.2 Å². The number of nitrogens with zero attached hydrogens (tertiary/aromatic N) is 2. The lowest BCUT2D eigenvalue weighted by Gasteiger charge is -2.24. The Morgan fingerprint density at radius 2 is 1.91 bits per heavy atom. The van der Waals surface area contributed by atoms with Gasteiger partial charge in [0.05, 0.1) is 18.2 Å². The molecular weight excluding hydrogens is 436 g/mol. The van der Waals surface area contributed by atoms with Gasteiger partial charge in [0.15, 0.2) is 17.3 Å². The van der Waals surface area contributed by atoms with Crippen molar-refractivity contribution in [2.24, 2.45) is 0 Å². The van der Waals surface area contributed by atoms with Gasteiger partial charge in [-0.3, -0.25) is 14.5 Å². The second kappa shape index (κ2) is 8.55. The second-order valence-corrected chi connectivity index (χ2v) is 8.03. The number of aliphatic hydroxyl groups is 1. The van der Waals surface area contributed by atoms with E-state index in [2.05, 4.69) is 5.16 Å². The Morgan fingerprint density at radius 1 is 1.15 bits per heavy atom. The third-order valence-electron chi connectivity index (χ3n) is 5.63. The molecule has 0 saturated carbocycles. The SMILES string of the molecule is CCCOc1ccc([C@H]2C(C(=O)c3cc4ccccc4o3)=C(O)C(=O)N2c2cc(C)on2)cc1. The van der Waals surface area contributed by atoms with E-state index < -0.39 is 23.5 Å². The van der Waals surface area contributed by atoms with E-state index in [1.807, 2.05) is 19.1 Å². The van der Waals surface area contributed by atoms with E-state index in [4.69, 9.17) is 13.7 Å². The van der Waals surface area contributed by atoms with Crippen molar-refractivity contribution in [1.29, 1.82) is 0 Å². The molecule has 0 bridgehead atoms. The fourth-order valence-electron chi connectivity index (χ4n) is 4.05. The second-order valence-electron chi connectivity index (χ2n) is 8.03. The quantitative estimate of drug-likeness (QED) is 0.375. The van der Waals surface area contributed by atoms with Crippen LogP contribution >= 0.6 is 0 Å². The number of aryl methyl sites for hydroxylation is 1. The zero-order valence-electron chi connectivity index (χ0n) is 18.6. The van der Waals surface area contributed by atoms with E-state index in [1.165, 1.54) is 4.90 Å². The minimum Gasteiger partial charge on any atom is -0.503 e. The summed E-state index contributed by atoms with van der Waals surface area (Å²) < 4.78 is 16.6. The number of hydrogen-bond donors (Lipinski definition) is 1. The summed E-state index contributed by atoms with van der Waals surface area (Å²) in [5, 5.41) is 15.5. The monoisotopic (exact) mass is 458 g/mol. The number of ketones is 1. The smallest absolute Gasteiger partial charge is 0.295 e. The Labute approximate surface area is 195 Å². The molecule has 5 rings (SSSR count). The number of ether oxygens (including phenoxy) is 1. The largest absolute Gasteiger partial charge is 0.503 e. The number of anilines is 1. The molecule has 1 atom stereocenters. The summed E-state index contributed by atoms with van der Waals surface area (Å²) in [5.74, 6) is -0.606. The summed E-state index contributed by atoms with van der Waals surface area (Å²) in [6.07, 6.45) is 0.866. The summed E-state index contributed by atoms with van der Waals surface area (Å²) in [7, 11) is 0. The summed E-state index contributed by atoms with van der Waals surface area (Å²) in [6, 6.07) is 16.5. The molecule has 0 unspecified atom stereocenters. The molecule has 8 heteroatoms. The lowest BCUT2D eigenvalue weighted by Crippen LogP contribution is -2.31. The zero-order chi connectivity index (χ0) is 23.8. The number of aliphatic hydroxyl groups excluding tert-OH is 1. The first-order chi connectivity index (χ1) is 16.5. The van der Waals surface area contributed by atoms with Gasteiger partial charge in [-0.2, -0.15) is 0 Å². The fourth-order valence-corrected chi connectivity index (χ4v) is 4.05. The highest BCUT2D eigenvalue weighted by Crippen LogP contribution is 2.42. The van der Waals surface area contributed by atoms with Gasteiger partial charge in [-0.1, -0.05) is 42.4 Å². The number of para-hydroxylation sites is 1. The van der Waals surface area contributed by atoms with Crippen molar-refractivity contribution in [3.05, 3.63) is 89.1 Å². The predicted molar refractivity (Wildman–Crippen MR) is 124 cm³/mol. The summed E-state index contributed by atoms with van der Waals surface area (Å²) >= 11 is 0. The molecule has 2 aromatic heterocycles. The Kier molecular flexibility index (Phi) is 5.41. The lowest BCUT2D eigenvalue weighted by atomic mass is 9.95. The van der Waals surface area contributed by atoms with Crippen molar-refractivity contribution < 1.29 is 28.4 Å². The minimum atomic E-state index is -0.932. The van der Waals surface area contributed by atoms with Gasteiger partial charge in [0.1, 0.15) is 17.1 Å². The molecule has 8 nitrogen and oxygen atoms in total. The Bertz CT molecular complexity index is 1380. The number of carbonyl (C=O) groups is 2. The number of hydrogen-bond acceptors (Lipinski definition) is 7. The molecule has 4 aromatic rings. The van der Waals surface area contributed by atoms with Crippen LogP contribution in [0, 0.1) is 6.92 Å². The molecule has 1 aliphatic heterocycles. The van der Waals surface area contributed by atoms with E-state index in [0.29, 0.717) is 29.3 Å². The molecule has 2 aromatic carbocycles. The molecular formula is C26H22N2O6. The van der Waals surface area contributed by atoms with E-state index >= 15 is 0 Å². The Morgan fingerprint density at radius 3 is 2.59 bits per heavy atom. The average Bonchev–Trinajstić information content (AvgIpc) is 3.54. The molecule has 172 valence electrons. The number of carbonyl (C=O) groups excluding carboxylic acids is 2. The highest BCUT2D eigenvalue weighted by Gasteiger charge is 2.46. The van der Waals surface area contributed by atoms with E-state index in [0.717, 1.165) is 11.8 Å². The summed E-state index contributed by atoms with van der Waals surface area (Å²) in [5.41, 5.74) is 1.04. The van der Waals surface area contributed by atoms with Gasteiger partial charge in [-0.15, -0.1) is 0 Å². The number of amides is 1. The van der Waals surface area contributed by atoms with E-state index in [9.17, 15) is 14.7 Å². The fraction of sp³-hybridized carbons (Fsp3) is 0.192. The van der Waals surface area contributed by atoms with Crippen molar-refractivity contribution in [3.63, 3.8) is 0 Å². The highest BCUT2D eigenvalue weighted by molar-refractivity contribution is 6.20. The van der Waals surface area contributed by atoms with Crippen LogP contribution in [0.5, 0.6) is 5.75 Å². The van der Waals surface area contributed by atoms with Gasteiger partial charge in [-0.25, -0.2) is 0 Å². The molecule has 1 aliphatic rings. The van der Waals surface area contributed by atoms with Crippen LogP contribution in [-0.2, 0) is 4.79 Å². The van der Waals surface area contributed by atoms with Crippen LogP contribution in [0.25, 0.3) is 11.0 Å². The number of aromatic nitrogens is 1. The van der Waals surface area contributed by atoms with Gasteiger partial charge in [0, 0.05) is 11.5 Å². The first-order valence-electron chi connectivity index (χ1n) is 10.9. The molecule has 0 fully saturated rings. The van der Waals surface area contributed by atoms with Crippen molar-refractivity contribution in [3.8, 4) is 5.75 Å². The summed E-state index contributed by atoms with van der Waals surface area (Å²) in [6.45, 7) is 4.28. The molecule has 1 N–H and O–H groups in total. The number of rotatable bonds is 7. The van der Waals surface area contributed by atoms with Gasteiger partial charge in [0.25, 0.3) is 5.91 Å². The minimum absolute atomic E-state index is 0.0293. The van der Waals surface area contributed by atoms with Crippen LogP contribution in [-0.4, -0.2) is 28.6 Å². The van der Waals surface area contributed by atoms with Crippen LogP contribution in [0.3, 0.4) is 0 Å². The number of benzene rings is 2.